The molecule has 0 N–H and O–H groups in total. The summed E-state index contributed by atoms with van der Waals surface area (Å²) in [6.45, 7) is 6.02. The molecule has 3 aromatic carbocycles. The number of fused-ring (bicyclic) bond motifs is 2. The number of nitrogens with zero attached hydrogens (tertiary/aromatic N) is 2. The summed E-state index contributed by atoms with van der Waals surface area (Å²) in [5.74, 6) is -1.10. The molecular formula is C28H26N2O3. The molecule has 2 aliphatic rings. The average Bonchev–Trinajstić information content (AvgIpc) is 3.04. The lowest BCUT2D eigenvalue weighted by Gasteiger charge is -2.51. The third kappa shape index (κ3) is 3.18. The molecule has 1 atom stereocenters. The van der Waals surface area contributed by atoms with Crippen LogP contribution in [0.4, 0.5) is 5.69 Å². The first-order chi connectivity index (χ1) is 15.7. The number of carbonyl (C=O) groups is 3. The molecule has 0 fully saturated rings. The van der Waals surface area contributed by atoms with Gasteiger partial charge < -0.3 is 4.90 Å². The van der Waals surface area contributed by atoms with Crippen LogP contribution in [0.3, 0.4) is 0 Å². The van der Waals surface area contributed by atoms with Crippen LogP contribution in [0.25, 0.3) is 0 Å². The van der Waals surface area contributed by atoms with Crippen LogP contribution in [0.1, 0.15) is 59.0 Å². The number of anilines is 1. The third-order valence-corrected chi connectivity index (χ3v) is 6.96. The van der Waals surface area contributed by atoms with E-state index in [1.54, 1.807) is 29.2 Å². The lowest BCUT2D eigenvalue weighted by molar-refractivity contribution is -0.120. The fourth-order valence-corrected chi connectivity index (χ4v) is 5.62. The van der Waals surface area contributed by atoms with Crippen molar-refractivity contribution >= 4 is 23.4 Å². The van der Waals surface area contributed by atoms with Gasteiger partial charge in [0.2, 0.25) is 5.91 Å². The van der Waals surface area contributed by atoms with E-state index in [2.05, 4.69) is 25.1 Å². The number of benzene rings is 3. The smallest absolute Gasteiger partial charge is 0.262 e. The number of hydrogen-bond acceptors (Lipinski definition) is 3. The molecule has 3 amide bonds. The molecule has 0 spiro atoms. The molecule has 0 bridgehead atoms. The van der Waals surface area contributed by atoms with Crippen LogP contribution >= 0.6 is 0 Å². The summed E-state index contributed by atoms with van der Waals surface area (Å²) in [4.78, 5) is 42.3. The van der Waals surface area contributed by atoms with E-state index in [4.69, 9.17) is 0 Å². The number of carbonyl (C=O) groups excluding carboxylic acids is 3. The van der Waals surface area contributed by atoms with Gasteiger partial charge >= 0.3 is 0 Å². The normalized spacial score (nSPS) is 21.1. The molecule has 2 aliphatic heterocycles. The van der Waals surface area contributed by atoms with Crippen molar-refractivity contribution in [2.24, 2.45) is 0 Å². The Labute approximate surface area is 193 Å². The number of amides is 3. The summed E-state index contributed by atoms with van der Waals surface area (Å²) in [5.41, 5.74) is 2.96. The highest BCUT2D eigenvalue weighted by atomic mass is 16.2. The zero-order valence-electron chi connectivity index (χ0n) is 19.0. The van der Waals surface area contributed by atoms with E-state index in [9.17, 15) is 14.4 Å². The maximum Gasteiger partial charge on any atom is 0.262 e. The first-order valence-electron chi connectivity index (χ1n) is 11.2. The first kappa shape index (κ1) is 21.1. The van der Waals surface area contributed by atoms with Gasteiger partial charge in [0.15, 0.2) is 0 Å². The summed E-state index contributed by atoms with van der Waals surface area (Å²) >= 11 is 0. The van der Waals surface area contributed by atoms with Gasteiger partial charge in [-0.05, 0) is 49.6 Å². The lowest BCUT2D eigenvalue weighted by atomic mass is 9.65. The van der Waals surface area contributed by atoms with Crippen LogP contribution < -0.4 is 4.90 Å². The van der Waals surface area contributed by atoms with Gasteiger partial charge in [0.1, 0.15) is 6.54 Å². The SMILES string of the molecule is CC1(c2ccccc2)CC(C)(C)N(C(=O)CN2C(=O)c3ccccc3C2=O)c2ccccc21. The van der Waals surface area contributed by atoms with Crippen LogP contribution in [0.15, 0.2) is 78.9 Å². The van der Waals surface area contributed by atoms with Crippen molar-refractivity contribution in [1.82, 2.24) is 4.90 Å². The van der Waals surface area contributed by atoms with E-state index in [0.29, 0.717) is 17.5 Å². The van der Waals surface area contributed by atoms with Gasteiger partial charge in [0, 0.05) is 16.6 Å². The fourth-order valence-electron chi connectivity index (χ4n) is 5.62. The number of para-hydroxylation sites is 1. The van der Waals surface area contributed by atoms with Gasteiger partial charge in [-0.1, -0.05) is 67.6 Å². The number of imide groups is 1. The fraction of sp³-hybridized carbons (Fsp3) is 0.250. The second-order valence-corrected chi connectivity index (χ2v) is 9.68. The maximum absolute atomic E-state index is 13.7. The standard InChI is InChI=1S/C28H26N2O3/c1-27(2)18-28(3,19-11-5-4-6-12-19)22-15-9-10-16-23(22)30(27)24(31)17-29-25(32)20-13-7-8-14-21(20)26(29)33/h4-16H,17-18H2,1-3H3. The van der Waals surface area contributed by atoms with Crippen molar-refractivity contribution in [3.63, 3.8) is 0 Å². The minimum Gasteiger partial charge on any atom is -0.305 e. The van der Waals surface area contributed by atoms with Gasteiger partial charge in [-0.15, -0.1) is 0 Å². The topological polar surface area (TPSA) is 57.7 Å². The first-order valence-corrected chi connectivity index (χ1v) is 11.2. The maximum atomic E-state index is 13.7. The highest BCUT2D eigenvalue weighted by Crippen LogP contribution is 2.50. The van der Waals surface area contributed by atoms with Crippen molar-refractivity contribution in [3.05, 3.63) is 101 Å². The Bertz CT molecular complexity index is 1250. The predicted octanol–water partition coefficient (Wildman–Crippen LogP) is 4.80. The van der Waals surface area contributed by atoms with Crippen molar-refractivity contribution < 1.29 is 14.4 Å². The Hall–Kier alpha value is -3.73. The van der Waals surface area contributed by atoms with E-state index in [1.807, 2.05) is 50.2 Å². The predicted molar refractivity (Wildman–Crippen MR) is 127 cm³/mol. The summed E-state index contributed by atoms with van der Waals surface area (Å²) < 4.78 is 0. The van der Waals surface area contributed by atoms with Gasteiger partial charge in [-0.25, -0.2) is 0 Å². The number of hydrogen-bond donors (Lipinski definition) is 0. The Morgan fingerprint density at radius 3 is 1.97 bits per heavy atom. The largest absolute Gasteiger partial charge is 0.305 e. The molecule has 0 saturated carbocycles. The summed E-state index contributed by atoms with van der Waals surface area (Å²) in [6, 6.07) is 25.0. The molecule has 0 aliphatic carbocycles. The van der Waals surface area contributed by atoms with Gasteiger partial charge in [0.25, 0.3) is 11.8 Å². The Balaban J connectivity index is 1.53. The minimum absolute atomic E-state index is 0.267. The van der Waals surface area contributed by atoms with Crippen molar-refractivity contribution in [2.45, 2.75) is 38.1 Å². The Morgan fingerprint density at radius 2 is 1.33 bits per heavy atom. The average molecular weight is 439 g/mol. The Kier molecular flexibility index (Phi) is 4.74. The second-order valence-electron chi connectivity index (χ2n) is 9.68. The van der Waals surface area contributed by atoms with Crippen LogP contribution in [0.2, 0.25) is 0 Å². The zero-order chi connectivity index (χ0) is 23.4. The molecule has 5 heteroatoms. The van der Waals surface area contributed by atoms with Gasteiger partial charge in [0.05, 0.1) is 11.1 Å². The highest BCUT2D eigenvalue weighted by Gasteiger charge is 2.48. The monoisotopic (exact) mass is 438 g/mol. The van der Waals surface area contributed by atoms with E-state index in [-0.39, 0.29) is 17.9 Å². The highest BCUT2D eigenvalue weighted by molar-refractivity contribution is 6.22. The van der Waals surface area contributed by atoms with Gasteiger partial charge in [-0.3, -0.25) is 19.3 Å². The zero-order valence-corrected chi connectivity index (χ0v) is 19.0. The lowest BCUT2D eigenvalue weighted by Crippen LogP contribution is -2.58. The van der Waals surface area contributed by atoms with E-state index < -0.39 is 17.4 Å². The molecule has 166 valence electrons. The molecule has 33 heavy (non-hydrogen) atoms. The van der Waals surface area contributed by atoms with E-state index >= 15 is 0 Å². The molecule has 5 nitrogen and oxygen atoms in total. The summed E-state index contributed by atoms with van der Waals surface area (Å²) in [6.07, 6.45) is 0.703. The van der Waals surface area contributed by atoms with E-state index in [1.165, 1.54) is 5.56 Å². The van der Waals surface area contributed by atoms with Crippen molar-refractivity contribution in [3.8, 4) is 0 Å². The molecule has 5 rings (SSSR count). The van der Waals surface area contributed by atoms with Crippen molar-refractivity contribution in [1.29, 1.82) is 0 Å². The summed E-state index contributed by atoms with van der Waals surface area (Å²) in [5, 5.41) is 0. The summed E-state index contributed by atoms with van der Waals surface area (Å²) in [7, 11) is 0. The van der Waals surface area contributed by atoms with E-state index in [0.717, 1.165) is 16.2 Å². The Morgan fingerprint density at radius 1 is 0.788 bits per heavy atom. The van der Waals surface area contributed by atoms with Gasteiger partial charge in [-0.2, -0.15) is 0 Å². The van der Waals surface area contributed by atoms with Crippen LogP contribution in [-0.2, 0) is 10.2 Å². The van der Waals surface area contributed by atoms with Crippen LogP contribution in [0, 0.1) is 0 Å². The van der Waals surface area contributed by atoms with Crippen LogP contribution in [0.5, 0.6) is 0 Å². The molecule has 1 unspecified atom stereocenters. The number of rotatable bonds is 3. The molecule has 0 saturated heterocycles. The molecule has 0 aromatic heterocycles. The second kappa shape index (κ2) is 7.41. The van der Waals surface area contributed by atoms with Crippen molar-refractivity contribution in [2.75, 3.05) is 11.4 Å². The quantitative estimate of drug-likeness (QED) is 0.552. The minimum atomic E-state index is -0.533. The molecule has 0 radical (unpaired) electrons. The molecular weight excluding hydrogens is 412 g/mol. The molecule has 2 heterocycles. The van der Waals surface area contributed by atoms with Crippen LogP contribution in [-0.4, -0.2) is 34.7 Å². The molecule has 3 aromatic rings. The third-order valence-electron chi connectivity index (χ3n) is 6.96.